The summed E-state index contributed by atoms with van der Waals surface area (Å²) in [5, 5.41) is 10.6. The Hall–Kier alpha value is -2.42. The Morgan fingerprint density at radius 2 is 2.10 bits per heavy atom. The highest BCUT2D eigenvalue weighted by Crippen LogP contribution is 2.14. The van der Waals surface area contributed by atoms with Crippen molar-refractivity contribution < 1.29 is 24.0 Å². The number of nitrogens with one attached hydrogen (secondary N) is 1. The highest BCUT2D eigenvalue weighted by atomic mass is 16.6. The number of rotatable bonds is 8. The highest BCUT2D eigenvalue weighted by Gasteiger charge is 2.21. The van der Waals surface area contributed by atoms with Gasteiger partial charge in [-0.1, -0.05) is 0 Å². The lowest BCUT2D eigenvalue weighted by atomic mass is 10.3. The maximum atomic E-state index is 12.3. The van der Waals surface area contributed by atoms with E-state index >= 15 is 0 Å². The molecule has 0 aliphatic carbocycles. The van der Waals surface area contributed by atoms with Crippen molar-refractivity contribution in [1.82, 2.24) is 9.88 Å². The number of methoxy groups -OCH3 is 2. The van der Waals surface area contributed by atoms with Gasteiger partial charge in [0.05, 0.1) is 31.3 Å². The van der Waals surface area contributed by atoms with E-state index in [0.29, 0.717) is 0 Å². The van der Waals surface area contributed by atoms with Gasteiger partial charge in [0.25, 0.3) is 11.6 Å². The van der Waals surface area contributed by atoms with Crippen LogP contribution in [0.4, 0.5) is 5.69 Å². The Balaban J connectivity index is 2.77. The third-order valence-electron chi connectivity index (χ3n) is 2.78. The van der Waals surface area contributed by atoms with E-state index in [2.05, 4.69) is 9.72 Å². The van der Waals surface area contributed by atoms with Crippen molar-refractivity contribution in [2.75, 3.05) is 33.9 Å². The Morgan fingerprint density at radius 1 is 1.38 bits per heavy atom. The Kier molecular flexibility index (Phi) is 6.34. The van der Waals surface area contributed by atoms with Gasteiger partial charge in [-0.05, 0) is 0 Å². The first-order chi connectivity index (χ1) is 9.99. The minimum Gasteiger partial charge on any atom is -0.469 e. The van der Waals surface area contributed by atoms with Gasteiger partial charge < -0.3 is 19.4 Å². The maximum Gasteiger partial charge on any atom is 0.307 e. The number of esters is 1. The quantitative estimate of drug-likeness (QED) is 0.426. The van der Waals surface area contributed by atoms with E-state index in [1.165, 1.54) is 19.1 Å². The molecule has 0 aromatic carbocycles. The van der Waals surface area contributed by atoms with E-state index in [9.17, 15) is 19.7 Å². The van der Waals surface area contributed by atoms with Crippen LogP contribution in [0.3, 0.4) is 0 Å². The van der Waals surface area contributed by atoms with Crippen molar-refractivity contribution in [2.24, 2.45) is 0 Å². The molecular weight excluding hydrogens is 282 g/mol. The summed E-state index contributed by atoms with van der Waals surface area (Å²) in [4.78, 5) is 37.3. The van der Waals surface area contributed by atoms with Crippen LogP contribution in [-0.2, 0) is 14.3 Å². The maximum absolute atomic E-state index is 12.3. The molecule has 0 aliphatic heterocycles. The van der Waals surface area contributed by atoms with Crippen molar-refractivity contribution in [3.05, 3.63) is 28.1 Å². The lowest BCUT2D eigenvalue weighted by Crippen LogP contribution is -2.36. The number of nitro groups is 1. The summed E-state index contributed by atoms with van der Waals surface area (Å²) in [5.41, 5.74) is -0.110. The molecule has 0 spiro atoms. The van der Waals surface area contributed by atoms with Gasteiger partial charge in [0, 0.05) is 26.3 Å². The Labute approximate surface area is 121 Å². The molecule has 0 saturated heterocycles. The van der Waals surface area contributed by atoms with Crippen LogP contribution in [-0.4, -0.2) is 60.6 Å². The lowest BCUT2D eigenvalue weighted by molar-refractivity contribution is -0.384. The summed E-state index contributed by atoms with van der Waals surface area (Å²) >= 11 is 0. The van der Waals surface area contributed by atoms with Gasteiger partial charge >= 0.3 is 5.97 Å². The van der Waals surface area contributed by atoms with Crippen LogP contribution in [0.2, 0.25) is 0 Å². The van der Waals surface area contributed by atoms with Crippen LogP contribution in [0, 0.1) is 10.1 Å². The van der Waals surface area contributed by atoms with Crippen molar-refractivity contribution in [3.8, 4) is 0 Å². The first-order valence-corrected chi connectivity index (χ1v) is 6.17. The smallest absolute Gasteiger partial charge is 0.307 e. The summed E-state index contributed by atoms with van der Waals surface area (Å²) in [7, 11) is 2.75. The molecule has 0 aliphatic rings. The van der Waals surface area contributed by atoms with Gasteiger partial charge in [-0.2, -0.15) is 0 Å². The van der Waals surface area contributed by atoms with E-state index in [-0.39, 0.29) is 37.5 Å². The molecule has 21 heavy (non-hydrogen) atoms. The van der Waals surface area contributed by atoms with Crippen LogP contribution >= 0.6 is 0 Å². The van der Waals surface area contributed by atoms with Crippen molar-refractivity contribution in [3.63, 3.8) is 0 Å². The second-order valence-electron chi connectivity index (χ2n) is 4.14. The number of carbonyl (C=O) groups is 2. The van der Waals surface area contributed by atoms with E-state index in [4.69, 9.17) is 4.74 Å². The number of ether oxygens (including phenoxy) is 2. The number of nitrogens with zero attached hydrogens (tertiary/aromatic N) is 2. The highest BCUT2D eigenvalue weighted by molar-refractivity contribution is 5.93. The molecule has 1 rings (SSSR count). The third kappa shape index (κ3) is 4.88. The topological polar surface area (TPSA) is 115 Å². The van der Waals surface area contributed by atoms with Crippen LogP contribution in [0.1, 0.15) is 16.9 Å². The van der Waals surface area contributed by atoms with Crippen LogP contribution in [0.25, 0.3) is 0 Å². The van der Waals surface area contributed by atoms with E-state index in [0.717, 1.165) is 12.3 Å². The molecule has 1 N–H and O–H groups in total. The molecule has 1 aromatic rings. The number of aromatic amines is 1. The van der Waals surface area contributed by atoms with Crippen molar-refractivity contribution in [1.29, 1.82) is 0 Å². The molecule has 1 aromatic heterocycles. The third-order valence-corrected chi connectivity index (χ3v) is 2.78. The minimum atomic E-state index is -0.596. The molecule has 1 heterocycles. The monoisotopic (exact) mass is 299 g/mol. The second-order valence-corrected chi connectivity index (χ2v) is 4.14. The van der Waals surface area contributed by atoms with Crippen LogP contribution in [0.15, 0.2) is 12.3 Å². The standard InChI is InChI=1S/C12H17N3O6/c1-20-6-5-14(4-3-11(16)21-2)12(17)10-7-9(8-13-10)15(18)19/h7-8,13H,3-6H2,1-2H3. The summed E-state index contributed by atoms with van der Waals surface area (Å²) in [6, 6.07) is 1.15. The van der Waals surface area contributed by atoms with Crippen LogP contribution in [0.5, 0.6) is 0 Å². The fraction of sp³-hybridized carbons (Fsp3) is 0.500. The van der Waals surface area contributed by atoms with E-state index in [1.807, 2.05) is 0 Å². The van der Waals surface area contributed by atoms with E-state index in [1.54, 1.807) is 0 Å². The molecule has 9 heteroatoms. The molecule has 0 bridgehead atoms. The Morgan fingerprint density at radius 3 is 2.62 bits per heavy atom. The fourth-order valence-electron chi connectivity index (χ4n) is 1.63. The second kappa shape index (κ2) is 8.00. The van der Waals surface area contributed by atoms with Crippen molar-refractivity contribution in [2.45, 2.75) is 6.42 Å². The lowest BCUT2D eigenvalue weighted by Gasteiger charge is -2.21. The number of hydrogen-bond donors (Lipinski definition) is 1. The predicted molar refractivity (Wildman–Crippen MR) is 71.9 cm³/mol. The normalized spacial score (nSPS) is 10.2. The summed E-state index contributed by atoms with van der Waals surface area (Å²) < 4.78 is 9.43. The molecule has 116 valence electrons. The van der Waals surface area contributed by atoms with Gasteiger partial charge in [-0.15, -0.1) is 0 Å². The molecule has 0 saturated carbocycles. The first kappa shape index (κ1) is 16.6. The Bertz CT molecular complexity index is 513. The van der Waals surface area contributed by atoms with Gasteiger partial charge in [-0.3, -0.25) is 19.7 Å². The summed E-state index contributed by atoms with van der Waals surface area (Å²) in [5.74, 6) is -0.883. The number of carbonyl (C=O) groups excluding carboxylic acids is 2. The molecule has 1 amide bonds. The number of H-pyrrole nitrogens is 1. The zero-order valence-electron chi connectivity index (χ0n) is 11.8. The molecule has 0 radical (unpaired) electrons. The molecule has 9 nitrogen and oxygen atoms in total. The minimum absolute atomic E-state index is 0.0365. The van der Waals surface area contributed by atoms with E-state index < -0.39 is 16.8 Å². The first-order valence-electron chi connectivity index (χ1n) is 6.17. The molecule has 0 atom stereocenters. The number of aromatic nitrogens is 1. The number of hydrogen-bond acceptors (Lipinski definition) is 6. The number of amides is 1. The summed E-state index contributed by atoms with van der Waals surface area (Å²) in [6.45, 7) is 0.691. The van der Waals surface area contributed by atoms with Gasteiger partial charge in [0.2, 0.25) is 0 Å². The SMILES string of the molecule is COCCN(CCC(=O)OC)C(=O)c1cc([N+](=O)[O-])c[nH]1. The zero-order valence-corrected chi connectivity index (χ0v) is 11.8. The van der Waals surface area contributed by atoms with Crippen LogP contribution < -0.4 is 0 Å². The van der Waals surface area contributed by atoms with Gasteiger partial charge in [0.15, 0.2) is 0 Å². The zero-order chi connectivity index (χ0) is 15.8. The van der Waals surface area contributed by atoms with Crippen molar-refractivity contribution >= 4 is 17.6 Å². The average molecular weight is 299 g/mol. The predicted octanol–water partition coefficient (Wildman–Crippen LogP) is 0.575. The largest absolute Gasteiger partial charge is 0.469 e. The fourth-order valence-corrected chi connectivity index (χ4v) is 1.63. The molecular formula is C12H17N3O6. The molecule has 0 unspecified atom stereocenters. The summed E-state index contributed by atoms with van der Waals surface area (Å²) in [6.07, 6.45) is 1.18. The average Bonchev–Trinajstić information content (AvgIpc) is 2.96. The van der Waals surface area contributed by atoms with Gasteiger partial charge in [-0.25, -0.2) is 0 Å². The van der Waals surface area contributed by atoms with Gasteiger partial charge in [0.1, 0.15) is 5.69 Å². The molecule has 0 fully saturated rings.